The van der Waals surface area contributed by atoms with Crippen molar-refractivity contribution in [2.24, 2.45) is 0 Å². The second kappa shape index (κ2) is 9.04. The van der Waals surface area contributed by atoms with E-state index in [1.807, 2.05) is 18.2 Å². The van der Waals surface area contributed by atoms with Gasteiger partial charge in [-0.25, -0.2) is 4.39 Å². The zero-order valence-electron chi connectivity index (χ0n) is 16.6. The van der Waals surface area contributed by atoms with Crippen molar-refractivity contribution in [3.05, 3.63) is 107 Å². The van der Waals surface area contributed by atoms with Crippen molar-refractivity contribution >= 4 is 11.6 Å². The van der Waals surface area contributed by atoms with Gasteiger partial charge in [-0.3, -0.25) is 4.68 Å². The highest BCUT2D eigenvalue weighted by molar-refractivity contribution is 6.31. The number of alkyl halides is 3. The van der Waals surface area contributed by atoms with E-state index < -0.39 is 17.6 Å². The van der Waals surface area contributed by atoms with E-state index in [4.69, 9.17) is 16.3 Å². The molecular formula is C24H17ClF4N2O. The maximum atomic E-state index is 13.8. The molecule has 0 N–H and O–H groups in total. The maximum absolute atomic E-state index is 13.8. The lowest BCUT2D eigenvalue weighted by molar-refractivity contribution is -0.137. The molecule has 0 aliphatic rings. The molecule has 1 heterocycles. The Hall–Kier alpha value is -3.32. The number of ether oxygens (including phenoxy) is 1. The Balaban J connectivity index is 1.40. The fourth-order valence-electron chi connectivity index (χ4n) is 3.14. The van der Waals surface area contributed by atoms with Gasteiger partial charge >= 0.3 is 6.18 Å². The Kier molecular flexibility index (Phi) is 6.19. The predicted octanol–water partition coefficient (Wildman–Crippen LogP) is 6.99. The maximum Gasteiger partial charge on any atom is 0.416 e. The molecule has 32 heavy (non-hydrogen) atoms. The minimum atomic E-state index is -4.35. The van der Waals surface area contributed by atoms with Gasteiger partial charge in [0.25, 0.3) is 0 Å². The Bertz CT molecular complexity index is 1180. The first-order valence-electron chi connectivity index (χ1n) is 9.65. The second-order valence-corrected chi connectivity index (χ2v) is 7.51. The van der Waals surface area contributed by atoms with Crippen LogP contribution in [0.5, 0.6) is 5.75 Å². The number of nitrogens with zero attached hydrogens (tertiary/aromatic N) is 2. The van der Waals surface area contributed by atoms with Crippen molar-refractivity contribution in [3.63, 3.8) is 0 Å². The SMILES string of the molecule is Fc1cccc(Cl)c1COc1ccc(-c2ccn(Cc3ccc(C(F)(F)F)cc3)n2)cc1. The summed E-state index contributed by atoms with van der Waals surface area (Å²) in [6.07, 6.45) is -2.59. The van der Waals surface area contributed by atoms with E-state index in [0.29, 0.717) is 34.1 Å². The zero-order valence-corrected chi connectivity index (χ0v) is 17.4. The van der Waals surface area contributed by atoms with Crippen LogP contribution in [0.3, 0.4) is 0 Å². The molecule has 0 radical (unpaired) electrons. The largest absolute Gasteiger partial charge is 0.489 e. The molecule has 0 spiro atoms. The standard InChI is InChI=1S/C24H17ClF4N2O/c25-21-2-1-3-22(26)20(21)15-32-19-10-6-17(7-11-19)23-12-13-31(30-23)14-16-4-8-18(9-5-16)24(27,28)29/h1-13H,14-15H2. The lowest BCUT2D eigenvalue weighted by Gasteiger charge is -2.09. The molecule has 3 aromatic carbocycles. The summed E-state index contributed by atoms with van der Waals surface area (Å²) >= 11 is 6.01. The first-order chi connectivity index (χ1) is 15.3. The summed E-state index contributed by atoms with van der Waals surface area (Å²) in [5.41, 5.74) is 1.87. The van der Waals surface area contributed by atoms with Crippen LogP contribution in [0.2, 0.25) is 5.02 Å². The van der Waals surface area contributed by atoms with Gasteiger partial charge in [0.1, 0.15) is 18.2 Å². The van der Waals surface area contributed by atoms with Crippen LogP contribution in [-0.2, 0) is 19.3 Å². The summed E-state index contributed by atoms with van der Waals surface area (Å²) in [5.74, 6) is 0.130. The summed E-state index contributed by atoms with van der Waals surface area (Å²) < 4.78 is 59.2. The van der Waals surface area contributed by atoms with E-state index in [0.717, 1.165) is 17.7 Å². The minimum Gasteiger partial charge on any atom is -0.489 e. The third kappa shape index (κ3) is 5.11. The fourth-order valence-corrected chi connectivity index (χ4v) is 3.36. The first-order valence-corrected chi connectivity index (χ1v) is 10.0. The van der Waals surface area contributed by atoms with E-state index in [1.165, 1.54) is 24.3 Å². The van der Waals surface area contributed by atoms with Gasteiger partial charge in [-0.2, -0.15) is 18.3 Å². The molecule has 0 bridgehead atoms. The number of hydrogen-bond donors (Lipinski definition) is 0. The van der Waals surface area contributed by atoms with Crippen molar-refractivity contribution in [3.8, 4) is 17.0 Å². The fraction of sp³-hybridized carbons (Fsp3) is 0.125. The molecule has 1 aromatic heterocycles. The summed E-state index contributed by atoms with van der Waals surface area (Å²) in [4.78, 5) is 0. The van der Waals surface area contributed by atoms with Crippen LogP contribution in [-0.4, -0.2) is 9.78 Å². The molecule has 0 saturated carbocycles. The van der Waals surface area contributed by atoms with Gasteiger partial charge in [-0.15, -0.1) is 0 Å². The van der Waals surface area contributed by atoms with E-state index in [1.54, 1.807) is 29.1 Å². The minimum absolute atomic E-state index is 0.00656. The molecule has 8 heteroatoms. The first kappa shape index (κ1) is 21.9. The third-order valence-electron chi connectivity index (χ3n) is 4.86. The zero-order chi connectivity index (χ0) is 22.7. The van der Waals surface area contributed by atoms with Gasteiger partial charge in [0.05, 0.1) is 22.8 Å². The van der Waals surface area contributed by atoms with Gasteiger partial charge in [-0.05, 0) is 60.2 Å². The Morgan fingerprint density at radius 2 is 1.62 bits per heavy atom. The molecule has 0 aliphatic carbocycles. The van der Waals surface area contributed by atoms with Crippen LogP contribution >= 0.6 is 11.6 Å². The Labute approximate surface area is 186 Å². The normalized spacial score (nSPS) is 11.5. The van der Waals surface area contributed by atoms with Crippen LogP contribution in [0, 0.1) is 5.82 Å². The number of benzene rings is 3. The molecular weight excluding hydrogens is 444 g/mol. The molecule has 4 aromatic rings. The van der Waals surface area contributed by atoms with Gasteiger partial charge in [0, 0.05) is 17.3 Å². The molecule has 164 valence electrons. The van der Waals surface area contributed by atoms with E-state index in [9.17, 15) is 17.6 Å². The number of rotatable bonds is 6. The van der Waals surface area contributed by atoms with E-state index in [-0.39, 0.29) is 6.61 Å². The van der Waals surface area contributed by atoms with Crippen molar-refractivity contribution in [1.82, 2.24) is 9.78 Å². The average Bonchev–Trinajstić information content (AvgIpc) is 3.22. The lowest BCUT2D eigenvalue weighted by Crippen LogP contribution is -2.05. The molecule has 0 fully saturated rings. The lowest BCUT2D eigenvalue weighted by atomic mass is 10.1. The second-order valence-electron chi connectivity index (χ2n) is 7.11. The predicted molar refractivity (Wildman–Crippen MR) is 114 cm³/mol. The van der Waals surface area contributed by atoms with Crippen molar-refractivity contribution in [2.45, 2.75) is 19.3 Å². The van der Waals surface area contributed by atoms with Crippen LogP contribution < -0.4 is 4.74 Å². The van der Waals surface area contributed by atoms with Gasteiger partial charge in [0.15, 0.2) is 0 Å². The van der Waals surface area contributed by atoms with Crippen molar-refractivity contribution in [1.29, 1.82) is 0 Å². The summed E-state index contributed by atoms with van der Waals surface area (Å²) in [6, 6.07) is 18.4. The van der Waals surface area contributed by atoms with Crippen molar-refractivity contribution < 1.29 is 22.3 Å². The summed E-state index contributed by atoms with van der Waals surface area (Å²) in [6.45, 7) is 0.356. The summed E-state index contributed by atoms with van der Waals surface area (Å²) in [7, 11) is 0. The average molecular weight is 461 g/mol. The number of halogens is 5. The molecule has 0 saturated heterocycles. The third-order valence-corrected chi connectivity index (χ3v) is 5.22. The number of aromatic nitrogens is 2. The monoisotopic (exact) mass is 460 g/mol. The highest BCUT2D eigenvalue weighted by Crippen LogP contribution is 2.29. The molecule has 0 amide bonds. The molecule has 0 atom stereocenters. The van der Waals surface area contributed by atoms with Gasteiger partial charge in [-0.1, -0.05) is 29.8 Å². The molecule has 0 unspecified atom stereocenters. The molecule has 0 aliphatic heterocycles. The van der Waals surface area contributed by atoms with Crippen LogP contribution in [0.25, 0.3) is 11.3 Å². The van der Waals surface area contributed by atoms with Crippen LogP contribution in [0.1, 0.15) is 16.7 Å². The van der Waals surface area contributed by atoms with E-state index in [2.05, 4.69) is 5.10 Å². The quantitative estimate of drug-likeness (QED) is 0.290. The number of hydrogen-bond acceptors (Lipinski definition) is 2. The Morgan fingerprint density at radius 1 is 0.906 bits per heavy atom. The van der Waals surface area contributed by atoms with E-state index >= 15 is 0 Å². The summed E-state index contributed by atoms with van der Waals surface area (Å²) in [5, 5.41) is 4.79. The topological polar surface area (TPSA) is 27.1 Å². The highest BCUT2D eigenvalue weighted by Gasteiger charge is 2.29. The molecule has 3 nitrogen and oxygen atoms in total. The van der Waals surface area contributed by atoms with Crippen LogP contribution in [0.15, 0.2) is 79.0 Å². The van der Waals surface area contributed by atoms with Gasteiger partial charge in [0.2, 0.25) is 0 Å². The molecule has 4 rings (SSSR count). The smallest absolute Gasteiger partial charge is 0.416 e. The van der Waals surface area contributed by atoms with Crippen molar-refractivity contribution in [2.75, 3.05) is 0 Å². The van der Waals surface area contributed by atoms with Gasteiger partial charge < -0.3 is 4.74 Å². The Morgan fingerprint density at radius 3 is 2.28 bits per heavy atom. The highest BCUT2D eigenvalue weighted by atomic mass is 35.5. The van der Waals surface area contributed by atoms with Crippen LogP contribution in [0.4, 0.5) is 17.6 Å².